The zero-order valence-electron chi connectivity index (χ0n) is 17.9. The van der Waals surface area contributed by atoms with Crippen LogP contribution in [0.1, 0.15) is 42.6 Å². The fourth-order valence-electron chi connectivity index (χ4n) is 3.71. The zero-order valence-corrected chi connectivity index (χ0v) is 19.4. The molecule has 1 atom stereocenters. The van der Waals surface area contributed by atoms with Gasteiger partial charge in [-0.1, -0.05) is 19.4 Å². The molecule has 0 bridgehead atoms. The van der Waals surface area contributed by atoms with E-state index in [9.17, 15) is 14.7 Å². The maximum atomic E-state index is 13.1. The van der Waals surface area contributed by atoms with Crippen LogP contribution in [-0.4, -0.2) is 31.8 Å². The number of phenolic OH excluding ortho intramolecular Hbond substituents is 1. The highest BCUT2D eigenvalue weighted by atomic mass is 79.9. The monoisotopic (exact) mass is 511 g/mol. The molecule has 170 valence electrons. The lowest BCUT2D eigenvalue weighted by Crippen LogP contribution is -2.23. The van der Waals surface area contributed by atoms with Crippen LogP contribution in [-0.2, 0) is 17.6 Å². The number of carboxylic acids is 1. The highest BCUT2D eigenvalue weighted by Gasteiger charge is 2.26. The number of ether oxygens (including phenoxy) is 1. The number of rotatable bonds is 9. The number of allylic oxidation sites excluding steroid dienone is 1. The molecule has 0 saturated heterocycles. The van der Waals surface area contributed by atoms with Crippen LogP contribution in [0.2, 0.25) is 0 Å². The number of carboxylic acid groups (broad SMARTS) is 1. The minimum atomic E-state index is -0.980. The molecule has 0 aliphatic carbocycles. The number of halogens is 1. The molecule has 8 nitrogen and oxygen atoms in total. The summed E-state index contributed by atoms with van der Waals surface area (Å²) in [5.74, 6) is -0.286. The quantitative estimate of drug-likeness (QED) is 0.444. The van der Waals surface area contributed by atoms with Crippen molar-refractivity contribution >= 4 is 33.8 Å². The Labute approximate surface area is 198 Å². The van der Waals surface area contributed by atoms with Gasteiger partial charge in [-0.15, -0.1) is 0 Å². The summed E-state index contributed by atoms with van der Waals surface area (Å²) >= 11 is 3.46. The number of aryl methyl sites for hydroxylation is 1. The van der Waals surface area contributed by atoms with Crippen LogP contribution in [0.3, 0.4) is 0 Å². The second-order valence-corrected chi connectivity index (χ2v) is 8.58. The smallest absolute Gasteiger partial charge is 0.303 e. The van der Waals surface area contributed by atoms with Gasteiger partial charge in [0.25, 0.3) is 5.56 Å². The number of hydrogen-bond acceptors (Lipinski definition) is 6. The SMILES string of the molecule is CCCc1c(O)cccc1OC(C1=CC=N1)c1cc(Br)cn2c(=O)c(CCC(=O)O)cnc12. The topological polar surface area (TPSA) is 113 Å². The summed E-state index contributed by atoms with van der Waals surface area (Å²) in [6.07, 6.45) is 7.23. The van der Waals surface area contributed by atoms with Crippen molar-refractivity contribution in [3.8, 4) is 11.5 Å². The van der Waals surface area contributed by atoms with Crippen LogP contribution in [0.5, 0.6) is 11.5 Å². The van der Waals surface area contributed by atoms with Crippen molar-refractivity contribution in [3.05, 3.63) is 79.9 Å². The lowest BCUT2D eigenvalue weighted by Gasteiger charge is -2.25. The highest BCUT2D eigenvalue weighted by molar-refractivity contribution is 9.10. The third-order valence-electron chi connectivity index (χ3n) is 5.35. The largest absolute Gasteiger partial charge is 0.508 e. The number of nitrogens with zero attached hydrogens (tertiary/aromatic N) is 3. The van der Waals surface area contributed by atoms with Gasteiger partial charge in [-0.25, -0.2) is 4.98 Å². The summed E-state index contributed by atoms with van der Waals surface area (Å²) in [6, 6.07) is 6.96. The number of fused-ring (bicyclic) bond motifs is 1. The predicted molar refractivity (Wildman–Crippen MR) is 127 cm³/mol. The van der Waals surface area contributed by atoms with Crippen molar-refractivity contribution in [1.82, 2.24) is 9.38 Å². The van der Waals surface area contributed by atoms with Gasteiger partial charge >= 0.3 is 5.97 Å². The van der Waals surface area contributed by atoms with Crippen molar-refractivity contribution in [3.63, 3.8) is 0 Å². The number of benzene rings is 1. The molecule has 1 aromatic carbocycles. The fourth-order valence-corrected chi connectivity index (χ4v) is 4.16. The van der Waals surface area contributed by atoms with Gasteiger partial charge in [-0.3, -0.25) is 19.0 Å². The maximum absolute atomic E-state index is 13.1. The Morgan fingerprint density at radius 1 is 1.30 bits per heavy atom. The lowest BCUT2D eigenvalue weighted by molar-refractivity contribution is -0.136. The van der Waals surface area contributed by atoms with Crippen LogP contribution in [0.25, 0.3) is 5.65 Å². The van der Waals surface area contributed by atoms with E-state index in [4.69, 9.17) is 9.84 Å². The molecule has 9 heteroatoms. The van der Waals surface area contributed by atoms with Crippen molar-refractivity contribution in [2.75, 3.05) is 0 Å². The molecule has 4 rings (SSSR count). The van der Waals surface area contributed by atoms with Crippen LogP contribution in [0.15, 0.2) is 62.7 Å². The van der Waals surface area contributed by atoms with Crippen molar-refractivity contribution in [2.24, 2.45) is 4.99 Å². The molecule has 33 heavy (non-hydrogen) atoms. The predicted octanol–water partition coefficient (Wildman–Crippen LogP) is 4.22. The van der Waals surface area contributed by atoms with Gasteiger partial charge in [0.15, 0.2) is 6.10 Å². The fraction of sp³-hybridized carbons (Fsp3) is 0.250. The van der Waals surface area contributed by atoms with Crippen molar-refractivity contribution < 1.29 is 19.7 Å². The number of aliphatic carboxylic acids is 1. The van der Waals surface area contributed by atoms with Crippen molar-refractivity contribution in [1.29, 1.82) is 0 Å². The second kappa shape index (κ2) is 9.58. The van der Waals surface area contributed by atoms with E-state index in [-0.39, 0.29) is 24.2 Å². The average Bonchev–Trinajstić information content (AvgIpc) is 2.73. The minimum absolute atomic E-state index is 0.0883. The molecule has 2 aromatic heterocycles. The summed E-state index contributed by atoms with van der Waals surface area (Å²) in [4.78, 5) is 32.8. The number of pyridine rings is 1. The number of aromatic nitrogens is 2. The van der Waals surface area contributed by atoms with Crippen LogP contribution < -0.4 is 10.3 Å². The third-order valence-corrected chi connectivity index (χ3v) is 5.78. The zero-order chi connectivity index (χ0) is 23.5. The van der Waals surface area contributed by atoms with Crippen LogP contribution in [0, 0.1) is 0 Å². The third kappa shape index (κ3) is 4.68. The molecule has 1 aliphatic rings. The van der Waals surface area contributed by atoms with E-state index >= 15 is 0 Å². The molecule has 1 aliphatic heterocycles. The molecular weight excluding hydrogens is 490 g/mol. The summed E-state index contributed by atoms with van der Waals surface area (Å²) < 4.78 is 8.41. The second-order valence-electron chi connectivity index (χ2n) is 7.66. The summed E-state index contributed by atoms with van der Waals surface area (Å²) in [7, 11) is 0. The molecule has 3 heterocycles. The molecule has 3 aromatic rings. The maximum Gasteiger partial charge on any atom is 0.303 e. The van der Waals surface area contributed by atoms with E-state index in [0.717, 1.165) is 6.42 Å². The molecule has 0 radical (unpaired) electrons. The standard InChI is InChI=1S/C24H22BrN3O5/c1-2-4-16-19(29)5-3-6-20(16)33-22(18-9-10-26-18)17-11-15(25)13-28-23(17)27-12-14(24(28)32)7-8-21(30)31/h3,5-6,9-13,22,29H,2,4,7-8H2,1H3,(H,30,31). The van der Waals surface area contributed by atoms with Gasteiger partial charge in [-0.05, 0) is 53.0 Å². The molecule has 0 spiro atoms. The molecule has 0 fully saturated rings. The van der Waals surface area contributed by atoms with Gasteiger partial charge in [0, 0.05) is 46.2 Å². The Hall–Kier alpha value is -3.46. The first kappa shape index (κ1) is 22.7. The first-order chi connectivity index (χ1) is 15.9. The Morgan fingerprint density at radius 2 is 2.09 bits per heavy atom. The van der Waals surface area contributed by atoms with Crippen molar-refractivity contribution in [2.45, 2.75) is 38.7 Å². The molecule has 1 unspecified atom stereocenters. The number of carbonyl (C=O) groups is 1. The van der Waals surface area contributed by atoms with Gasteiger partial charge < -0.3 is 14.9 Å². The summed E-state index contributed by atoms with van der Waals surface area (Å²) in [6.45, 7) is 2.02. The highest BCUT2D eigenvalue weighted by Crippen LogP contribution is 2.37. The summed E-state index contributed by atoms with van der Waals surface area (Å²) in [5.41, 5.74) is 2.33. The Morgan fingerprint density at radius 3 is 2.76 bits per heavy atom. The van der Waals surface area contributed by atoms with E-state index < -0.39 is 12.1 Å². The van der Waals surface area contributed by atoms with Gasteiger partial charge in [0.1, 0.15) is 17.1 Å². The molecular formula is C24H22BrN3O5. The van der Waals surface area contributed by atoms with Gasteiger partial charge in [0.05, 0.1) is 5.70 Å². The normalized spacial score (nSPS) is 13.5. The number of aromatic hydroxyl groups is 1. The average molecular weight is 512 g/mol. The van der Waals surface area contributed by atoms with Gasteiger partial charge in [0.2, 0.25) is 0 Å². The number of aliphatic imine (C=N–C) groups is 1. The molecule has 2 N–H and O–H groups in total. The van der Waals surface area contributed by atoms with Crippen LogP contribution in [0.4, 0.5) is 0 Å². The minimum Gasteiger partial charge on any atom is -0.508 e. The van der Waals surface area contributed by atoms with Gasteiger partial charge in [-0.2, -0.15) is 0 Å². The summed E-state index contributed by atoms with van der Waals surface area (Å²) in [5, 5.41) is 19.3. The lowest BCUT2D eigenvalue weighted by atomic mass is 10.0. The van der Waals surface area contributed by atoms with E-state index in [0.29, 0.717) is 44.7 Å². The van der Waals surface area contributed by atoms with E-state index in [1.807, 2.05) is 19.1 Å². The molecule has 0 saturated carbocycles. The first-order valence-corrected chi connectivity index (χ1v) is 11.3. The Kier molecular flexibility index (Phi) is 6.60. The Bertz CT molecular complexity index is 1350. The number of phenols is 1. The first-order valence-electron chi connectivity index (χ1n) is 10.5. The van der Waals surface area contributed by atoms with E-state index in [1.54, 1.807) is 30.6 Å². The van der Waals surface area contributed by atoms with E-state index in [1.165, 1.54) is 10.6 Å². The van der Waals surface area contributed by atoms with Crippen LogP contribution >= 0.6 is 15.9 Å². The number of hydrogen-bond donors (Lipinski definition) is 2. The van der Waals surface area contributed by atoms with E-state index in [2.05, 4.69) is 25.9 Å². The Balaban J connectivity index is 1.82. The molecule has 0 amide bonds.